The van der Waals surface area contributed by atoms with E-state index in [1.807, 2.05) is 25.1 Å². The van der Waals surface area contributed by atoms with Gasteiger partial charge in [-0.2, -0.15) is 0 Å². The van der Waals surface area contributed by atoms with E-state index in [1.165, 1.54) is 5.56 Å². The first-order valence-corrected chi connectivity index (χ1v) is 6.71. The van der Waals surface area contributed by atoms with Crippen LogP contribution in [0.4, 0.5) is 0 Å². The summed E-state index contributed by atoms with van der Waals surface area (Å²) in [6, 6.07) is 10.4. The number of hydrogen-bond donors (Lipinski definition) is 2. The second-order valence-electron chi connectivity index (χ2n) is 4.79. The van der Waals surface area contributed by atoms with E-state index in [0.717, 1.165) is 12.8 Å². The van der Waals surface area contributed by atoms with Crippen molar-refractivity contribution in [2.75, 3.05) is 13.7 Å². The number of carbonyl (C=O) groups is 1. The lowest BCUT2D eigenvalue weighted by Gasteiger charge is -2.17. The summed E-state index contributed by atoms with van der Waals surface area (Å²) in [4.78, 5) is 11.7. The van der Waals surface area contributed by atoms with E-state index in [0.29, 0.717) is 13.0 Å². The maximum absolute atomic E-state index is 11.7. The molecule has 2 unspecified atom stereocenters. The molecule has 0 fully saturated rings. The minimum atomic E-state index is -0.193. The summed E-state index contributed by atoms with van der Waals surface area (Å²) >= 11 is 0. The predicted octanol–water partition coefficient (Wildman–Crippen LogP) is 1.91. The van der Waals surface area contributed by atoms with Crippen LogP contribution in [0, 0.1) is 0 Å². The van der Waals surface area contributed by atoms with E-state index in [2.05, 4.69) is 17.4 Å². The van der Waals surface area contributed by atoms with Crippen LogP contribution in [0.25, 0.3) is 0 Å². The van der Waals surface area contributed by atoms with E-state index in [1.54, 1.807) is 7.11 Å². The first-order valence-electron chi connectivity index (χ1n) is 6.71. The van der Waals surface area contributed by atoms with Crippen molar-refractivity contribution in [1.82, 2.24) is 5.32 Å². The summed E-state index contributed by atoms with van der Waals surface area (Å²) in [6.45, 7) is 2.38. The summed E-state index contributed by atoms with van der Waals surface area (Å²) in [5.74, 6) is -0.00198. The number of hydrogen-bond acceptors (Lipinski definition) is 3. The quantitative estimate of drug-likeness (QED) is 0.771. The van der Waals surface area contributed by atoms with Crippen molar-refractivity contribution >= 4 is 18.3 Å². The largest absolute Gasteiger partial charge is 0.380 e. The summed E-state index contributed by atoms with van der Waals surface area (Å²) < 4.78 is 5.10. The van der Waals surface area contributed by atoms with Crippen molar-refractivity contribution in [2.24, 2.45) is 5.73 Å². The molecule has 3 N–H and O–H groups in total. The number of methoxy groups -OCH3 is 1. The van der Waals surface area contributed by atoms with E-state index in [-0.39, 0.29) is 30.5 Å². The third-order valence-electron chi connectivity index (χ3n) is 3.13. The predicted molar refractivity (Wildman–Crippen MR) is 84.1 cm³/mol. The highest BCUT2D eigenvalue weighted by Gasteiger charge is 2.13. The molecule has 0 aromatic heterocycles. The minimum absolute atomic E-state index is 0. The second kappa shape index (κ2) is 10.7. The maximum Gasteiger partial charge on any atom is 0.222 e. The zero-order valence-corrected chi connectivity index (χ0v) is 13.0. The molecule has 0 aliphatic rings. The Morgan fingerprint density at radius 1 is 1.35 bits per heavy atom. The van der Waals surface area contributed by atoms with Crippen LogP contribution in [0.1, 0.15) is 25.3 Å². The van der Waals surface area contributed by atoms with Gasteiger partial charge in [-0.05, 0) is 25.3 Å². The topological polar surface area (TPSA) is 64.3 Å². The van der Waals surface area contributed by atoms with Crippen molar-refractivity contribution in [1.29, 1.82) is 0 Å². The molecule has 0 spiro atoms. The fourth-order valence-electron chi connectivity index (χ4n) is 1.90. The van der Waals surface area contributed by atoms with Gasteiger partial charge in [0, 0.05) is 19.7 Å². The Morgan fingerprint density at radius 2 is 2.00 bits per heavy atom. The van der Waals surface area contributed by atoms with E-state index >= 15 is 0 Å². The second-order valence-corrected chi connectivity index (χ2v) is 4.79. The molecular weight excluding hydrogens is 276 g/mol. The van der Waals surface area contributed by atoms with Gasteiger partial charge in [-0.15, -0.1) is 12.4 Å². The van der Waals surface area contributed by atoms with Gasteiger partial charge in [-0.1, -0.05) is 30.3 Å². The zero-order valence-electron chi connectivity index (χ0n) is 12.2. The standard InChI is InChI=1S/C15H24N2O2.ClH/c1-12(8-9-13-6-4-3-5-7-13)17-15(18)10-14(11-16)19-2;/h3-7,12,14H,8-11,16H2,1-2H3,(H,17,18);1H. The van der Waals surface area contributed by atoms with Crippen molar-refractivity contribution < 1.29 is 9.53 Å². The number of nitrogens with two attached hydrogens (primary N) is 1. The number of aryl methyl sites for hydroxylation is 1. The van der Waals surface area contributed by atoms with Crippen molar-refractivity contribution in [2.45, 2.75) is 38.3 Å². The molecule has 0 aliphatic carbocycles. The molecule has 20 heavy (non-hydrogen) atoms. The Hall–Kier alpha value is -1.10. The smallest absolute Gasteiger partial charge is 0.222 e. The van der Waals surface area contributed by atoms with Crippen LogP contribution in [0.15, 0.2) is 30.3 Å². The van der Waals surface area contributed by atoms with E-state index < -0.39 is 0 Å². The van der Waals surface area contributed by atoms with Gasteiger partial charge in [-0.3, -0.25) is 4.79 Å². The molecule has 0 aliphatic heterocycles. The van der Waals surface area contributed by atoms with Crippen molar-refractivity contribution in [3.05, 3.63) is 35.9 Å². The maximum atomic E-state index is 11.7. The number of ether oxygens (including phenoxy) is 1. The molecule has 1 aromatic rings. The van der Waals surface area contributed by atoms with Crippen LogP contribution < -0.4 is 11.1 Å². The molecule has 0 saturated heterocycles. The lowest BCUT2D eigenvalue weighted by molar-refractivity contribution is -0.124. The number of halogens is 1. The molecule has 4 nitrogen and oxygen atoms in total. The highest BCUT2D eigenvalue weighted by atomic mass is 35.5. The fourth-order valence-corrected chi connectivity index (χ4v) is 1.90. The summed E-state index contributed by atoms with van der Waals surface area (Å²) in [6.07, 6.45) is 2.02. The Morgan fingerprint density at radius 3 is 2.55 bits per heavy atom. The third-order valence-corrected chi connectivity index (χ3v) is 3.13. The molecule has 1 amide bonds. The molecular formula is C15H25ClN2O2. The lowest BCUT2D eigenvalue weighted by Crippen LogP contribution is -2.37. The van der Waals surface area contributed by atoms with Crippen LogP contribution in [0.3, 0.4) is 0 Å². The summed E-state index contributed by atoms with van der Waals surface area (Å²) in [5, 5.41) is 2.97. The van der Waals surface area contributed by atoms with Crippen molar-refractivity contribution in [3.63, 3.8) is 0 Å². The monoisotopic (exact) mass is 300 g/mol. The Labute approximate surface area is 127 Å². The molecule has 114 valence electrons. The van der Waals surface area contributed by atoms with Gasteiger partial charge in [0.05, 0.1) is 12.5 Å². The Bertz CT molecular complexity index is 369. The SMILES string of the molecule is COC(CN)CC(=O)NC(C)CCc1ccccc1.Cl. The summed E-state index contributed by atoms with van der Waals surface area (Å²) in [7, 11) is 1.57. The van der Waals surface area contributed by atoms with Crippen LogP contribution in [-0.2, 0) is 16.0 Å². The van der Waals surface area contributed by atoms with Crippen LogP contribution in [0.5, 0.6) is 0 Å². The Balaban J connectivity index is 0.00000361. The van der Waals surface area contributed by atoms with Gasteiger partial charge in [0.15, 0.2) is 0 Å². The van der Waals surface area contributed by atoms with E-state index in [4.69, 9.17) is 10.5 Å². The molecule has 5 heteroatoms. The number of carbonyl (C=O) groups excluding carboxylic acids is 1. The highest BCUT2D eigenvalue weighted by Crippen LogP contribution is 2.05. The normalized spacial score (nSPS) is 13.2. The Kier molecular flexibility index (Phi) is 10.1. The zero-order chi connectivity index (χ0) is 14.1. The highest BCUT2D eigenvalue weighted by molar-refractivity contribution is 5.85. The molecule has 1 aromatic carbocycles. The van der Waals surface area contributed by atoms with E-state index in [9.17, 15) is 4.79 Å². The fraction of sp³-hybridized carbons (Fsp3) is 0.533. The molecule has 0 radical (unpaired) electrons. The van der Waals surface area contributed by atoms with Gasteiger partial charge >= 0.3 is 0 Å². The average Bonchev–Trinajstić information content (AvgIpc) is 2.43. The molecule has 0 heterocycles. The van der Waals surface area contributed by atoms with Crippen LogP contribution in [0.2, 0.25) is 0 Å². The molecule has 0 bridgehead atoms. The number of rotatable bonds is 8. The van der Waals surface area contributed by atoms with Gasteiger partial charge in [0.1, 0.15) is 0 Å². The summed E-state index contributed by atoms with van der Waals surface area (Å²) in [5.41, 5.74) is 6.78. The first kappa shape index (κ1) is 18.9. The van der Waals surface area contributed by atoms with Gasteiger partial charge in [0.25, 0.3) is 0 Å². The minimum Gasteiger partial charge on any atom is -0.380 e. The number of benzene rings is 1. The first-order chi connectivity index (χ1) is 9.15. The van der Waals surface area contributed by atoms with Crippen LogP contribution >= 0.6 is 12.4 Å². The van der Waals surface area contributed by atoms with Gasteiger partial charge < -0.3 is 15.8 Å². The van der Waals surface area contributed by atoms with Crippen molar-refractivity contribution in [3.8, 4) is 0 Å². The lowest BCUT2D eigenvalue weighted by atomic mass is 10.1. The molecule has 1 rings (SSSR count). The molecule has 2 atom stereocenters. The number of nitrogens with one attached hydrogen (secondary N) is 1. The van der Waals surface area contributed by atoms with Gasteiger partial charge in [0.2, 0.25) is 5.91 Å². The van der Waals surface area contributed by atoms with Crippen LogP contribution in [-0.4, -0.2) is 31.7 Å². The third kappa shape index (κ3) is 7.48. The van der Waals surface area contributed by atoms with Gasteiger partial charge in [-0.25, -0.2) is 0 Å². The average molecular weight is 301 g/mol. The molecule has 0 saturated carbocycles. The number of amides is 1.